The summed E-state index contributed by atoms with van der Waals surface area (Å²) in [5, 5.41) is 1.95. The first-order valence-electron chi connectivity index (χ1n) is 4.94. The van der Waals surface area contributed by atoms with Gasteiger partial charge in [0.25, 0.3) is 0 Å². The molecule has 3 heteroatoms. The third kappa shape index (κ3) is 2.11. The fourth-order valence-corrected chi connectivity index (χ4v) is 2.50. The second-order valence-electron chi connectivity index (χ2n) is 3.68. The number of carbonyl (C=O) groups excluding carboxylic acids is 1. The third-order valence-electron chi connectivity index (χ3n) is 2.52. The Kier molecular flexibility index (Phi) is 3.26. The summed E-state index contributed by atoms with van der Waals surface area (Å²) in [4.78, 5) is 13.3. The van der Waals surface area contributed by atoms with Gasteiger partial charge in [0.1, 0.15) is 0 Å². The molecular formula is C13H11BrOS. The zero-order valence-corrected chi connectivity index (χ0v) is 11.5. The number of thiophene rings is 1. The molecule has 0 fully saturated rings. The first-order chi connectivity index (χ1) is 7.59. The second kappa shape index (κ2) is 4.52. The van der Waals surface area contributed by atoms with E-state index in [1.807, 2.05) is 43.5 Å². The Bertz CT molecular complexity index is 543. The molecule has 0 spiro atoms. The van der Waals surface area contributed by atoms with Crippen LogP contribution in [0.2, 0.25) is 0 Å². The first kappa shape index (κ1) is 11.6. The molecule has 0 radical (unpaired) electrons. The number of hydrogen-bond donors (Lipinski definition) is 0. The van der Waals surface area contributed by atoms with Crippen LogP contribution in [0.3, 0.4) is 0 Å². The van der Waals surface area contributed by atoms with Crippen molar-refractivity contribution in [2.24, 2.45) is 0 Å². The van der Waals surface area contributed by atoms with E-state index in [9.17, 15) is 4.79 Å². The molecule has 0 saturated carbocycles. The van der Waals surface area contributed by atoms with Crippen molar-refractivity contribution in [1.82, 2.24) is 0 Å². The molecule has 1 heterocycles. The molecule has 2 rings (SSSR count). The Morgan fingerprint density at radius 3 is 2.56 bits per heavy atom. The minimum Gasteiger partial charge on any atom is -0.289 e. The van der Waals surface area contributed by atoms with Crippen molar-refractivity contribution in [2.45, 2.75) is 13.8 Å². The normalized spacial score (nSPS) is 10.4. The molecule has 0 atom stereocenters. The van der Waals surface area contributed by atoms with Crippen LogP contribution in [-0.2, 0) is 0 Å². The Hall–Kier alpha value is -0.930. The van der Waals surface area contributed by atoms with Crippen LogP contribution in [0.5, 0.6) is 0 Å². The monoisotopic (exact) mass is 294 g/mol. The molecule has 0 N–H and O–H groups in total. The van der Waals surface area contributed by atoms with Crippen LogP contribution in [0, 0.1) is 13.8 Å². The van der Waals surface area contributed by atoms with Gasteiger partial charge >= 0.3 is 0 Å². The topological polar surface area (TPSA) is 17.1 Å². The summed E-state index contributed by atoms with van der Waals surface area (Å²) < 4.78 is 1.03. The zero-order valence-electron chi connectivity index (χ0n) is 9.08. The van der Waals surface area contributed by atoms with E-state index in [2.05, 4.69) is 15.9 Å². The fraction of sp³-hybridized carbons (Fsp3) is 0.154. The number of benzene rings is 1. The summed E-state index contributed by atoms with van der Waals surface area (Å²) in [6.07, 6.45) is 0. The predicted molar refractivity (Wildman–Crippen MR) is 71.4 cm³/mol. The number of carbonyl (C=O) groups is 1. The third-order valence-corrected chi connectivity index (χ3v) is 4.26. The lowest BCUT2D eigenvalue weighted by Crippen LogP contribution is -2.01. The maximum Gasteiger partial charge on any atom is 0.194 e. The Labute approximate surface area is 107 Å². The van der Waals surface area contributed by atoms with Gasteiger partial charge in [-0.3, -0.25) is 4.79 Å². The molecule has 0 bridgehead atoms. The van der Waals surface area contributed by atoms with E-state index < -0.39 is 0 Å². The van der Waals surface area contributed by atoms with Crippen LogP contribution < -0.4 is 0 Å². The number of aryl methyl sites for hydroxylation is 2. The molecule has 0 saturated heterocycles. The summed E-state index contributed by atoms with van der Waals surface area (Å²) in [6.45, 7) is 3.96. The van der Waals surface area contributed by atoms with Crippen LogP contribution in [-0.4, -0.2) is 5.78 Å². The molecule has 0 unspecified atom stereocenters. The minimum atomic E-state index is 0.106. The van der Waals surface area contributed by atoms with E-state index in [4.69, 9.17) is 0 Å². The molecule has 1 aromatic heterocycles. The van der Waals surface area contributed by atoms with E-state index in [-0.39, 0.29) is 5.78 Å². The molecule has 2 aromatic rings. The zero-order chi connectivity index (χ0) is 11.7. The van der Waals surface area contributed by atoms with Gasteiger partial charge in [-0.05, 0) is 49.1 Å². The predicted octanol–water partition coefficient (Wildman–Crippen LogP) is 4.36. The molecule has 0 aliphatic carbocycles. The van der Waals surface area contributed by atoms with Gasteiger partial charge in [0.2, 0.25) is 0 Å². The molecule has 82 valence electrons. The van der Waals surface area contributed by atoms with Crippen LogP contribution in [0.15, 0.2) is 34.1 Å². The van der Waals surface area contributed by atoms with Gasteiger partial charge < -0.3 is 0 Å². The van der Waals surface area contributed by atoms with Gasteiger partial charge in [-0.25, -0.2) is 0 Å². The highest BCUT2D eigenvalue weighted by Gasteiger charge is 2.12. The Morgan fingerprint density at radius 2 is 2.00 bits per heavy atom. The van der Waals surface area contributed by atoms with E-state index in [0.29, 0.717) is 0 Å². The lowest BCUT2D eigenvalue weighted by atomic mass is 10.0. The molecular weight excluding hydrogens is 284 g/mol. The summed E-state index contributed by atoms with van der Waals surface area (Å²) >= 11 is 5.04. The summed E-state index contributed by atoms with van der Waals surface area (Å²) in [5.74, 6) is 0.106. The number of halogens is 1. The van der Waals surface area contributed by atoms with Crippen LogP contribution >= 0.6 is 27.3 Å². The summed E-state index contributed by atoms with van der Waals surface area (Å²) in [6, 6.07) is 7.59. The van der Waals surface area contributed by atoms with Crippen molar-refractivity contribution in [3.63, 3.8) is 0 Å². The highest BCUT2D eigenvalue weighted by molar-refractivity contribution is 9.10. The summed E-state index contributed by atoms with van der Waals surface area (Å²) in [5.41, 5.74) is 2.65. The van der Waals surface area contributed by atoms with Crippen molar-refractivity contribution >= 4 is 33.0 Å². The largest absolute Gasteiger partial charge is 0.289 e. The number of hydrogen-bond acceptors (Lipinski definition) is 2. The highest BCUT2D eigenvalue weighted by Crippen LogP contribution is 2.22. The minimum absolute atomic E-state index is 0.106. The van der Waals surface area contributed by atoms with Crippen LogP contribution in [0.25, 0.3) is 0 Å². The van der Waals surface area contributed by atoms with Gasteiger partial charge in [-0.1, -0.05) is 15.9 Å². The quantitative estimate of drug-likeness (QED) is 0.752. The van der Waals surface area contributed by atoms with Gasteiger partial charge in [-0.2, -0.15) is 0 Å². The smallest absolute Gasteiger partial charge is 0.194 e. The Balaban J connectivity index is 2.42. The molecule has 0 aliphatic rings. The Morgan fingerprint density at radius 1 is 1.25 bits per heavy atom. The molecule has 0 aliphatic heterocycles. The first-order valence-corrected chi connectivity index (χ1v) is 6.62. The molecule has 1 nitrogen and oxygen atoms in total. The standard InChI is InChI=1S/C13H11BrOS/c1-8-7-10(3-4-12(8)14)13(15)11-5-6-16-9(11)2/h3-7H,1-2H3. The lowest BCUT2D eigenvalue weighted by Gasteiger charge is -2.03. The SMILES string of the molecule is Cc1cc(C(=O)c2ccsc2C)ccc1Br. The van der Waals surface area contributed by atoms with Crippen molar-refractivity contribution < 1.29 is 4.79 Å². The average molecular weight is 295 g/mol. The maximum atomic E-state index is 12.2. The second-order valence-corrected chi connectivity index (χ2v) is 5.66. The van der Waals surface area contributed by atoms with Crippen molar-refractivity contribution in [3.8, 4) is 0 Å². The van der Waals surface area contributed by atoms with E-state index in [1.165, 1.54) is 0 Å². The maximum absolute atomic E-state index is 12.2. The van der Waals surface area contributed by atoms with Crippen molar-refractivity contribution in [1.29, 1.82) is 0 Å². The fourth-order valence-electron chi connectivity index (χ4n) is 1.56. The van der Waals surface area contributed by atoms with Gasteiger partial charge in [0, 0.05) is 20.5 Å². The number of ketones is 1. The van der Waals surface area contributed by atoms with E-state index >= 15 is 0 Å². The van der Waals surface area contributed by atoms with Gasteiger partial charge in [0.05, 0.1) is 0 Å². The molecule has 16 heavy (non-hydrogen) atoms. The number of rotatable bonds is 2. The average Bonchev–Trinajstić information content (AvgIpc) is 2.67. The van der Waals surface area contributed by atoms with Crippen LogP contribution in [0.1, 0.15) is 26.4 Å². The molecule has 0 amide bonds. The van der Waals surface area contributed by atoms with E-state index in [1.54, 1.807) is 11.3 Å². The van der Waals surface area contributed by atoms with Gasteiger partial charge in [0.15, 0.2) is 5.78 Å². The molecule has 1 aromatic carbocycles. The van der Waals surface area contributed by atoms with Crippen molar-refractivity contribution in [3.05, 3.63) is 55.7 Å². The van der Waals surface area contributed by atoms with Crippen LogP contribution in [0.4, 0.5) is 0 Å². The lowest BCUT2D eigenvalue weighted by molar-refractivity contribution is 0.103. The highest BCUT2D eigenvalue weighted by atomic mass is 79.9. The van der Waals surface area contributed by atoms with E-state index in [0.717, 1.165) is 26.0 Å². The summed E-state index contributed by atoms with van der Waals surface area (Å²) in [7, 11) is 0. The van der Waals surface area contributed by atoms with Crippen molar-refractivity contribution in [2.75, 3.05) is 0 Å². The van der Waals surface area contributed by atoms with Gasteiger partial charge in [-0.15, -0.1) is 11.3 Å².